The Labute approximate surface area is 153 Å². The Hall–Kier alpha value is -2.57. The molecule has 1 heterocycles. The third-order valence-electron chi connectivity index (χ3n) is 4.27. The molecule has 6 heteroatoms. The number of anilines is 1. The van der Waals surface area contributed by atoms with Gasteiger partial charge < -0.3 is 24.8 Å². The van der Waals surface area contributed by atoms with E-state index < -0.39 is 0 Å². The van der Waals surface area contributed by atoms with Crippen molar-refractivity contribution in [2.45, 2.75) is 19.1 Å². The summed E-state index contributed by atoms with van der Waals surface area (Å²) in [6.45, 7) is 3.50. The standard InChI is InChI=1S/C20H24N2O4/c1-3-26-19-13-25-12-18(19)22-20(23)21-16-9-7-14(8-10-16)15-5-4-6-17(11-15)24-2/h4-11,18-19H,3,12-13H2,1-2H3,(H2,21,22,23). The Bertz CT molecular complexity index is 733. The Kier molecular flexibility index (Phi) is 6.09. The molecule has 1 aliphatic rings. The van der Waals surface area contributed by atoms with Gasteiger partial charge in [-0.15, -0.1) is 0 Å². The van der Waals surface area contributed by atoms with E-state index in [1.165, 1.54) is 0 Å². The fourth-order valence-electron chi connectivity index (χ4n) is 2.93. The molecule has 6 nitrogen and oxygen atoms in total. The molecule has 1 saturated heterocycles. The van der Waals surface area contributed by atoms with Crippen molar-refractivity contribution in [2.24, 2.45) is 0 Å². The van der Waals surface area contributed by atoms with Crippen LogP contribution in [0, 0.1) is 0 Å². The van der Waals surface area contributed by atoms with Crippen LogP contribution in [0.3, 0.4) is 0 Å². The number of amides is 2. The highest BCUT2D eigenvalue weighted by molar-refractivity contribution is 5.89. The lowest BCUT2D eigenvalue weighted by atomic mass is 10.1. The number of carbonyl (C=O) groups excluding carboxylic acids is 1. The second-order valence-electron chi connectivity index (χ2n) is 6.05. The normalized spacial score (nSPS) is 19.2. The summed E-state index contributed by atoms with van der Waals surface area (Å²) in [7, 11) is 1.65. The summed E-state index contributed by atoms with van der Waals surface area (Å²) in [6.07, 6.45) is -0.0961. The molecule has 2 N–H and O–H groups in total. The van der Waals surface area contributed by atoms with Crippen molar-refractivity contribution in [3.05, 3.63) is 48.5 Å². The van der Waals surface area contributed by atoms with E-state index in [2.05, 4.69) is 10.6 Å². The van der Waals surface area contributed by atoms with Gasteiger partial charge in [-0.25, -0.2) is 4.79 Å². The molecule has 1 fully saturated rings. The van der Waals surface area contributed by atoms with E-state index in [9.17, 15) is 4.79 Å². The summed E-state index contributed by atoms with van der Waals surface area (Å²) in [5.41, 5.74) is 2.83. The highest BCUT2D eigenvalue weighted by Crippen LogP contribution is 2.25. The van der Waals surface area contributed by atoms with E-state index in [0.717, 1.165) is 22.6 Å². The molecule has 0 spiro atoms. The molecule has 2 unspecified atom stereocenters. The maximum atomic E-state index is 12.2. The van der Waals surface area contributed by atoms with E-state index in [-0.39, 0.29) is 18.2 Å². The monoisotopic (exact) mass is 356 g/mol. The minimum atomic E-state index is -0.265. The topological polar surface area (TPSA) is 68.8 Å². The van der Waals surface area contributed by atoms with Crippen molar-refractivity contribution in [1.29, 1.82) is 0 Å². The van der Waals surface area contributed by atoms with Crippen molar-refractivity contribution in [1.82, 2.24) is 5.32 Å². The molecule has 0 bridgehead atoms. The smallest absolute Gasteiger partial charge is 0.319 e. The second kappa shape index (κ2) is 8.69. The summed E-state index contributed by atoms with van der Waals surface area (Å²) in [5, 5.41) is 5.75. The summed E-state index contributed by atoms with van der Waals surface area (Å²) in [6, 6.07) is 15.1. The van der Waals surface area contributed by atoms with E-state index >= 15 is 0 Å². The molecule has 0 saturated carbocycles. The maximum absolute atomic E-state index is 12.2. The van der Waals surface area contributed by atoms with Gasteiger partial charge in [0, 0.05) is 12.3 Å². The number of methoxy groups -OCH3 is 1. The fourth-order valence-corrected chi connectivity index (χ4v) is 2.93. The zero-order valence-corrected chi connectivity index (χ0v) is 15.0. The van der Waals surface area contributed by atoms with Crippen LogP contribution in [0.4, 0.5) is 10.5 Å². The van der Waals surface area contributed by atoms with Crippen molar-refractivity contribution in [3.63, 3.8) is 0 Å². The zero-order chi connectivity index (χ0) is 18.4. The van der Waals surface area contributed by atoms with Crippen LogP contribution in [0.5, 0.6) is 5.75 Å². The average molecular weight is 356 g/mol. The molecule has 2 aromatic rings. The third kappa shape index (κ3) is 4.53. The highest BCUT2D eigenvalue weighted by Gasteiger charge is 2.29. The van der Waals surface area contributed by atoms with Gasteiger partial charge in [0.15, 0.2) is 0 Å². The first-order chi connectivity index (χ1) is 12.7. The molecule has 0 aromatic heterocycles. The van der Waals surface area contributed by atoms with Crippen LogP contribution in [0.1, 0.15) is 6.92 Å². The lowest BCUT2D eigenvalue weighted by Gasteiger charge is -2.19. The minimum absolute atomic E-state index is 0.0961. The summed E-state index contributed by atoms with van der Waals surface area (Å²) in [4.78, 5) is 12.2. The van der Waals surface area contributed by atoms with Crippen LogP contribution in [0.25, 0.3) is 11.1 Å². The molecule has 2 aromatic carbocycles. The predicted octanol–water partition coefficient (Wildman–Crippen LogP) is 3.29. The van der Waals surface area contributed by atoms with Crippen LogP contribution in [-0.4, -0.2) is 45.1 Å². The van der Waals surface area contributed by atoms with E-state index in [1.807, 2.05) is 55.5 Å². The van der Waals surface area contributed by atoms with Crippen LogP contribution < -0.4 is 15.4 Å². The first kappa shape index (κ1) is 18.2. The number of rotatable bonds is 6. The second-order valence-corrected chi connectivity index (χ2v) is 6.05. The molecule has 3 rings (SSSR count). The summed E-state index contributed by atoms with van der Waals surface area (Å²) >= 11 is 0. The fraction of sp³-hybridized carbons (Fsp3) is 0.350. The highest BCUT2D eigenvalue weighted by atomic mass is 16.5. The van der Waals surface area contributed by atoms with Crippen molar-refractivity contribution >= 4 is 11.7 Å². The first-order valence-electron chi connectivity index (χ1n) is 8.71. The molecule has 2 atom stereocenters. The molecular weight excluding hydrogens is 332 g/mol. The van der Waals surface area contributed by atoms with Crippen molar-refractivity contribution in [2.75, 3.05) is 32.2 Å². The lowest BCUT2D eigenvalue weighted by Crippen LogP contribution is -2.45. The van der Waals surface area contributed by atoms with E-state index in [4.69, 9.17) is 14.2 Å². The van der Waals surface area contributed by atoms with Crippen LogP contribution in [0.2, 0.25) is 0 Å². The Morgan fingerprint density at radius 2 is 1.96 bits per heavy atom. The number of hydrogen-bond acceptors (Lipinski definition) is 4. The van der Waals surface area contributed by atoms with Gasteiger partial charge >= 0.3 is 6.03 Å². The van der Waals surface area contributed by atoms with Gasteiger partial charge in [0.1, 0.15) is 11.9 Å². The van der Waals surface area contributed by atoms with Gasteiger partial charge in [-0.2, -0.15) is 0 Å². The number of nitrogens with one attached hydrogen (secondary N) is 2. The molecule has 138 valence electrons. The van der Waals surface area contributed by atoms with Gasteiger partial charge in [-0.05, 0) is 42.3 Å². The van der Waals surface area contributed by atoms with Gasteiger partial charge in [0.25, 0.3) is 0 Å². The van der Waals surface area contributed by atoms with Gasteiger partial charge in [0.05, 0.1) is 26.4 Å². The molecule has 0 radical (unpaired) electrons. The summed E-state index contributed by atoms with van der Waals surface area (Å²) < 4.78 is 16.2. The molecule has 0 aliphatic carbocycles. The van der Waals surface area contributed by atoms with Crippen molar-refractivity contribution in [3.8, 4) is 16.9 Å². The molecule has 26 heavy (non-hydrogen) atoms. The first-order valence-corrected chi connectivity index (χ1v) is 8.71. The number of benzene rings is 2. The van der Waals surface area contributed by atoms with E-state index in [1.54, 1.807) is 7.11 Å². The Balaban J connectivity index is 1.59. The number of ether oxygens (including phenoxy) is 3. The predicted molar refractivity (Wildman–Crippen MR) is 101 cm³/mol. The van der Waals surface area contributed by atoms with Crippen LogP contribution in [0.15, 0.2) is 48.5 Å². The molecule has 2 amide bonds. The van der Waals surface area contributed by atoms with Crippen LogP contribution in [-0.2, 0) is 9.47 Å². The van der Waals surface area contributed by atoms with Gasteiger partial charge in [0.2, 0.25) is 0 Å². The Morgan fingerprint density at radius 1 is 1.15 bits per heavy atom. The van der Waals surface area contributed by atoms with Gasteiger partial charge in [-0.3, -0.25) is 0 Å². The maximum Gasteiger partial charge on any atom is 0.319 e. The molecule has 1 aliphatic heterocycles. The lowest BCUT2D eigenvalue weighted by molar-refractivity contribution is 0.0428. The van der Waals surface area contributed by atoms with E-state index in [0.29, 0.717) is 19.8 Å². The van der Waals surface area contributed by atoms with Crippen molar-refractivity contribution < 1.29 is 19.0 Å². The number of urea groups is 1. The molecular formula is C20H24N2O4. The zero-order valence-electron chi connectivity index (χ0n) is 15.0. The number of carbonyl (C=O) groups is 1. The Morgan fingerprint density at radius 3 is 2.69 bits per heavy atom. The summed E-state index contributed by atoms with van der Waals surface area (Å²) in [5.74, 6) is 0.812. The SMILES string of the molecule is CCOC1COCC1NC(=O)Nc1ccc(-c2cccc(OC)c2)cc1. The minimum Gasteiger partial charge on any atom is -0.497 e. The number of hydrogen-bond donors (Lipinski definition) is 2. The van der Waals surface area contributed by atoms with Gasteiger partial charge in [-0.1, -0.05) is 24.3 Å². The third-order valence-corrected chi connectivity index (χ3v) is 4.27. The largest absolute Gasteiger partial charge is 0.497 e. The average Bonchev–Trinajstić information content (AvgIpc) is 3.09. The quantitative estimate of drug-likeness (QED) is 0.833. The van der Waals surface area contributed by atoms with Crippen LogP contribution >= 0.6 is 0 Å².